The largest absolute Gasteiger partial charge is 0.460 e. The molecule has 2 aliphatic carbocycles. The van der Waals surface area contributed by atoms with Gasteiger partial charge in [0.25, 0.3) is 0 Å². The van der Waals surface area contributed by atoms with E-state index in [1.807, 2.05) is 49.7 Å². The van der Waals surface area contributed by atoms with Gasteiger partial charge in [-0.05, 0) is 119 Å². The number of benzene rings is 2. The van der Waals surface area contributed by atoms with Gasteiger partial charge in [0.15, 0.2) is 0 Å². The fraction of sp³-hybridized carbons (Fsp3) is 0.500. The highest BCUT2D eigenvalue weighted by Crippen LogP contribution is 2.41. The Morgan fingerprint density at radius 3 is 2.45 bits per heavy atom. The van der Waals surface area contributed by atoms with Crippen LogP contribution in [-0.2, 0) is 33.6 Å². The zero-order valence-corrected chi connectivity index (χ0v) is 25.6. The third kappa shape index (κ3) is 7.23. The van der Waals surface area contributed by atoms with Crippen molar-refractivity contribution < 1.29 is 18.7 Å². The van der Waals surface area contributed by atoms with Gasteiger partial charge in [0, 0.05) is 11.4 Å². The molecule has 1 unspecified atom stereocenters. The fourth-order valence-electron chi connectivity index (χ4n) is 6.37. The summed E-state index contributed by atoms with van der Waals surface area (Å²) in [5.74, 6) is -1.35. The average molecular weight is 594 g/mol. The van der Waals surface area contributed by atoms with Gasteiger partial charge in [0.1, 0.15) is 11.4 Å². The second-order valence-corrected chi connectivity index (χ2v) is 13.1. The van der Waals surface area contributed by atoms with Crippen molar-refractivity contribution in [3.05, 3.63) is 75.8 Å². The summed E-state index contributed by atoms with van der Waals surface area (Å²) in [5, 5.41) is 8.61. The number of hydrogen-bond acceptors (Lipinski definition) is 4. The standard InChI is InChI=1S/C34H41ClFN3O3/c1-34(2,3)42-30(40)20-14-22-13-19-29(27(36)21-22)37-33(41)31(23-9-5-4-6-10-23)32-26-11-7-8-12-28(26)38-39(32)25-17-15-24(35)16-18-25/h13,15-19,21,23,31H,4-12,14,20H2,1-3H3,(H,37,41). The molecule has 0 spiro atoms. The minimum absolute atomic E-state index is 0.142. The molecule has 0 aliphatic heterocycles. The predicted octanol–water partition coefficient (Wildman–Crippen LogP) is 8.12. The van der Waals surface area contributed by atoms with Crippen LogP contribution in [0.5, 0.6) is 0 Å². The maximum Gasteiger partial charge on any atom is 0.306 e. The number of ether oxygens (including phenoxy) is 1. The predicted molar refractivity (Wildman–Crippen MR) is 164 cm³/mol. The van der Waals surface area contributed by atoms with Crippen LogP contribution in [0.3, 0.4) is 0 Å². The lowest BCUT2D eigenvalue weighted by Gasteiger charge is -2.31. The van der Waals surface area contributed by atoms with Crippen LogP contribution in [0.2, 0.25) is 5.02 Å². The zero-order chi connectivity index (χ0) is 29.9. The summed E-state index contributed by atoms with van der Waals surface area (Å²) < 4.78 is 22.7. The van der Waals surface area contributed by atoms with Gasteiger partial charge in [-0.25, -0.2) is 9.07 Å². The van der Waals surface area contributed by atoms with E-state index in [4.69, 9.17) is 21.4 Å². The summed E-state index contributed by atoms with van der Waals surface area (Å²) in [5.41, 5.74) is 4.29. The molecule has 1 fully saturated rings. The van der Waals surface area contributed by atoms with Crippen LogP contribution in [0.1, 0.15) is 101 Å². The van der Waals surface area contributed by atoms with Crippen LogP contribution in [0.4, 0.5) is 10.1 Å². The van der Waals surface area contributed by atoms with Crippen molar-refractivity contribution in [1.82, 2.24) is 9.78 Å². The molecule has 0 radical (unpaired) electrons. The minimum atomic E-state index is -0.562. The number of aryl methyl sites for hydroxylation is 2. The molecule has 5 rings (SSSR count). The van der Waals surface area contributed by atoms with Gasteiger partial charge in [-0.1, -0.05) is 36.9 Å². The zero-order valence-electron chi connectivity index (χ0n) is 24.8. The SMILES string of the molecule is CC(C)(C)OC(=O)CCc1ccc(NC(=O)C(c2c3c(nn2-c2ccc(Cl)cc2)CCCC3)C2CCCCC2)c(F)c1. The lowest BCUT2D eigenvalue weighted by atomic mass is 9.76. The molecule has 3 aromatic rings. The monoisotopic (exact) mass is 593 g/mol. The number of esters is 1. The number of aromatic nitrogens is 2. The second-order valence-electron chi connectivity index (χ2n) is 12.7. The number of rotatable bonds is 8. The van der Waals surface area contributed by atoms with Crippen molar-refractivity contribution >= 4 is 29.2 Å². The minimum Gasteiger partial charge on any atom is -0.460 e. The fourth-order valence-corrected chi connectivity index (χ4v) is 6.50. The summed E-state index contributed by atoms with van der Waals surface area (Å²) in [6.07, 6.45) is 9.65. The first-order chi connectivity index (χ1) is 20.1. The molecule has 6 nitrogen and oxygen atoms in total. The number of carbonyl (C=O) groups excluding carboxylic acids is 2. The Morgan fingerprint density at radius 2 is 1.76 bits per heavy atom. The number of nitrogens with one attached hydrogen (secondary N) is 1. The van der Waals surface area contributed by atoms with Crippen molar-refractivity contribution in [1.29, 1.82) is 0 Å². The van der Waals surface area contributed by atoms with E-state index in [1.165, 1.54) is 18.1 Å². The Labute approximate surface area is 253 Å². The molecule has 8 heteroatoms. The van der Waals surface area contributed by atoms with Gasteiger partial charge in [0.05, 0.1) is 28.7 Å². The number of halogens is 2. The maximum atomic E-state index is 15.3. The van der Waals surface area contributed by atoms with E-state index in [1.54, 1.807) is 12.1 Å². The molecule has 1 atom stereocenters. The summed E-state index contributed by atoms with van der Waals surface area (Å²) in [4.78, 5) is 26.3. The molecular weight excluding hydrogens is 553 g/mol. The molecule has 2 aliphatic rings. The average Bonchev–Trinajstić information content (AvgIpc) is 3.32. The summed E-state index contributed by atoms with van der Waals surface area (Å²) in [6.45, 7) is 5.46. The van der Waals surface area contributed by atoms with E-state index in [9.17, 15) is 9.59 Å². The van der Waals surface area contributed by atoms with Gasteiger partial charge < -0.3 is 10.1 Å². The third-order valence-corrected chi connectivity index (χ3v) is 8.55. The van der Waals surface area contributed by atoms with E-state index < -0.39 is 17.3 Å². The van der Waals surface area contributed by atoms with E-state index in [-0.39, 0.29) is 29.9 Å². The Balaban J connectivity index is 1.43. The van der Waals surface area contributed by atoms with Crippen molar-refractivity contribution in [3.63, 3.8) is 0 Å². The number of nitrogens with zero attached hydrogens (tertiary/aromatic N) is 2. The highest BCUT2D eigenvalue weighted by Gasteiger charge is 2.38. The topological polar surface area (TPSA) is 73.2 Å². The third-order valence-electron chi connectivity index (χ3n) is 8.30. The normalized spacial score (nSPS) is 16.5. The van der Waals surface area contributed by atoms with Crippen LogP contribution in [0, 0.1) is 11.7 Å². The second kappa shape index (κ2) is 13.0. The van der Waals surface area contributed by atoms with Gasteiger partial charge >= 0.3 is 5.97 Å². The molecule has 1 heterocycles. The van der Waals surface area contributed by atoms with Gasteiger partial charge in [-0.15, -0.1) is 0 Å². The number of amides is 1. The summed E-state index contributed by atoms with van der Waals surface area (Å²) in [6, 6.07) is 12.3. The molecular formula is C34H41ClFN3O3. The highest BCUT2D eigenvalue weighted by atomic mass is 35.5. The van der Waals surface area contributed by atoms with E-state index >= 15 is 4.39 Å². The first kappa shape index (κ1) is 30.3. The Morgan fingerprint density at radius 1 is 1.05 bits per heavy atom. The lowest BCUT2D eigenvalue weighted by molar-refractivity contribution is -0.154. The van der Waals surface area contributed by atoms with Crippen molar-refractivity contribution in [3.8, 4) is 5.69 Å². The Bertz CT molecular complexity index is 1420. The molecule has 1 saturated carbocycles. The first-order valence-electron chi connectivity index (χ1n) is 15.3. The number of hydrogen-bond donors (Lipinski definition) is 1. The van der Waals surface area contributed by atoms with Crippen LogP contribution < -0.4 is 5.32 Å². The molecule has 1 amide bonds. The lowest BCUT2D eigenvalue weighted by Crippen LogP contribution is -2.32. The van der Waals surface area contributed by atoms with Gasteiger partial charge in [-0.2, -0.15) is 5.10 Å². The highest BCUT2D eigenvalue weighted by molar-refractivity contribution is 6.30. The van der Waals surface area contributed by atoms with E-state index in [0.29, 0.717) is 17.0 Å². The molecule has 1 aromatic heterocycles. The van der Waals surface area contributed by atoms with Crippen LogP contribution in [0.25, 0.3) is 5.69 Å². The molecule has 224 valence electrons. The first-order valence-corrected chi connectivity index (χ1v) is 15.6. The summed E-state index contributed by atoms with van der Waals surface area (Å²) in [7, 11) is 0. The van der Waals surface area contributed by atoms with Crippen molar-refractivity contribution in [2.45, 2.75) is 103 Å². The molecule has 42 heavy (non-hydrogen) atoms. The van der Waals surface area contributed by atoms with Crippen LogP contribution in [-0.4, -0.2) is 27.3 Å². The Kier molecular flexibility index (Phi) is 9.36. The van der Waals surface area contributed by atoms with Crippen LogP contribution in [0.15, 0.2) is 42.5 Å². The molecule has 1 N–H and O–H groups in total. The Hall–Kier alpha value is -3.19. The smallest absolute Gasteiger partial charge is 0.306 e. The van der Waals surface area contributed by atoms with Crippen molar-refractivity contribution in [2.24, 2.45) is 5.92 Å². The van der Waals surface area contributed by atoms with E-state index in [0.717, 1.165) is 68.4 Å². The number of carbonyl (C=O) groups is 2. The number of fused-ring (bicyclic) bond motifs is 1. The summed E-state index contributed by atoms with van der Waals surface area (Å²) >= 11 is 6.20. The van der Waals surface area contributed by atoms with Gasteiger partial charge in [0.2, 0.25) is 5.91 Å². The quantitative estimate of drug-likeness (QED) is 0.268. The van der Waals surface area contributed by atoms with E-state index in [2.05, 4.69) is 5.32 Å². The van der Waals surface area contributed by atoms with Crippen molar-refractivity contribution in [2.75, 3.05) is 5.32 Å². The molecule has 2 aromatic carbocycles. The number of anilines is 1. The molecule has 0 bridgehead atoms. The van der Waals surface area contributed by atoms with Crippen LogP contribution >= 0.6 is 11.6 Å². The van der Waals surface area contributed by atoms with Gasteiger partial charge in [-0.3, -0.25) is 9.59 Å². The maximum absolute atomic E-state index is 15.3. The molecule has 0 saturated heterocycles.